The first-order valence-electron chi connectivity index (χ1n) is 10.1. The fourth-order valence-electron chi connectivity index (χ4n) is 3.41. The van der Waals surface area contributed by atoms with Gasteiger partial charge < -0.3 is 10.2 Å². The molecule has 0 aliphatic rings. The maximum absolute atomic E-state index is 13.6. The minimum Gasteiger partial charge on any atom is -0.372 e. The average molecular weight is 491 g/mol. The molecule has 2 amide bonds. The molecule has 0 atom stereocenters. The van der Waals surface area contributed by atoms with Crippen LogP contribution in [0.4, 0.5) is 24.0 Å². The van der Waals surface area contributed by atoms with Crippen molar-refractivity contribution in [3.05, 3.63) is 47.7 Å². The number of nitrogens with zero attached hydrogens (tertiary/aromatic N) is 3. The lowest BCUT2D eigenvalue weighted by Crippen LogP contribution is -2.44. The molecule has 8 nitrogen and oxygen atoms in total. The topological polar surface area (TPSA) is 103 Å². The fourth-order valence-corrected chi connectivity index (χ4v) is 4.41. The van der Waals surface area contributed by atoms with Crippen molar-refractivity contribution in [3.8, 4) is 0 Å². The number of rotatable bonds is 5. The van der Waals surface area contributed by atoms with Crippen molar-refractivity contribution < 1.29 is 22.8 Å². The van der Waals surface area contributed by atoms with E-state index in [1.807, 2.05) is 0 Å². The normalized spacial score (nSPS) is 12.2. The van der Waals surface area contributed by atoms with Gasteiger partial charge >= 0.3 is 6.18 Å². The Morgan fingerprint density at radius 1 is 1.15 bits per heavy atom. The smallest absolute Gasteiger partial charge is 0.372 e. The van der Waals surface area contributed by atoms with Gasteiger partial charge in [0.05, 0.1) is 27.5 Å². The summed E-state index contributed by atoms with van der Waals surface area (Å²) < 4.78 is 41.1. The first-order chi connectivity index (χ1) is 15.9. The second-order valence-corrected chi connectivity index (χ2v) is 9.43. The van der Waals surface area contributed by atoms with Gasteiger partial charge in [-0.1, -0.05) is 17.4 Å². The van der Waals surface area contributed by atoms with Gasteiger partial charge in [-0.05, 0) is 38.1 Å². The number of H-pyrrole nitrogens is 1. The third kappa shape index (κ3) is 4.40. The highest BCUT2D eigenvalue weighted by Crippen LogP contribution is 2.41. The maximum atomic E-state index is 13.6. The minimum absolute atomic E-state index is 0.0330. The van der Waals surface area contributed by atoms with Crippen molar-refractivity contribution in [2.45, 2.75) is 25.6 Å². The number of carbonyl (C=O) groups excluding carboxylic acids is 2. The van der Waals surface area contributed by atoms with Crippen LogP contribution < -0.4 is 10.6 Å². The van der Waals surface area contributed by atoms with E-state index in [4.69, 9.17) is 0 Å². The number of aromatic nitrogens is 3. The van der Waals surface area contributed by atoms with Gasteiger partial charge in [0.25, 0.3) is 11.8 Å². The molecule has 2 aromatic carbocycles. The van der Waals surface area contributed by atoms with Crippen molar-refractivity contribution in [2.24, 2.45) is 0 Å². The fraction of sp³-hybridized carbons (Fsp3) is 0.273. The van der Waals surface area contributed by atoms with Crippen LogP contribution in [0.5, 0.6) is 0 Å². The lowest BCUT2D eigenvalue weighted by molar-refractivity contribution is -0.136. The summed E-state index contributed by atoms with van der Waals surface area (Å²) in [4.78, 5) is 30.7. The maximum Gasteiger partial charge on any atom is 0.418 e. The quantitative estimate of drug-likeness (QED) is 0.376. The Labute approximate surface area is 196 Å². The van der Waals surface area contributed by atoms with Crippen molar-refractivity contribution in [2.75, 3.05) is 24.7 Å². The van der Waals surface area contributed by atoms with Crippen molar-refractivity contribution in [3.63, 3.8) is 0 Å². The molecule has 34 heavy (non-hydrogen) atoms. The summed E-state index contributed by atoms with van der Waals surface area (Å²) in [5.74, 6) is -0.695. The zero-order chi connectivity index (χ0) is 24.8. The molecule has 0 saturated heterocycles. The number of anilines is 2. The highest BCUT2D eigenvalue weighted by molar-refractivity contribution is 7.23. The van der Waals surface area contributed by atoms with Gasteiger partial charge in [0.15, 0.2) is 5.13 Å². The van der Waals surface area contributed by atoms with E-state index in [2.05, 4.69) is 25.8 Å². The van der Waals surface area contributed by atoms with Crippen LogP contribution in [0.2, 0.25) is 0 Å². The molecule has 0 radical (unpaired) electrons. The molecule has 2 heterocycles. The zero-order valence-corrected chi connectivity index (χ0v) is 19.5. The highest BCUT2D eigenvalue weighted by Gasteiger charge is 2.36. The molecule has 4 rings (SSSR count). The van der Waals surface area contributed by atoms with Crippen LogP contribution in [-0.4, -0.2) is 51.5 Å². The van der Waals surface area contributed by atoms with Crippen LogP contribution in [0.1, 0.15) is 29.8 Å². The van der Waals surface area contributed by atoms with E-state index in [0.29, 0.717) is 16.6 Å². The Balaban J connectivity index is 1.61. The number of aromatic amines is 1. The molecule has 0 fully saturated rings. The zero-order valence-electron chi connectivity index (χ0n) is 18.7. The molecule has 0 unspecified atom stereocenters. The van der Waals surface area contributed by atoms with Crippen LogP contribution in [0.15, 0.2) is 36.5 Å². The van der Waals surface area contributed by atoms with Gasteiger partial charge in [0.1, 0.15) is 5.54 Å². The number of halogens is 3. The Hall–Kier alpha value is -3.67. The molecule has 178 valence electrons. The Morgan fingerprint density at radius 2 is 1.88 bits per heavy atom. The van der Waals surface area contributed by atoms with Gasteiger partial charge in [-0.15, -0.1) is 0 Å². The molecule has 12 heteroatoms. The van der Waals surface area contributed by atoms with E-state index < -0.39 is 23.2 Å². The van der Waals surface area contributed by atoms with Crippen LogP contribution >= 0.6 is 11.3 Å². The Morgan fingerprint density at radius 3 is 2.56 bits per heavy atom. The Bertz CT molecular complexity index is 1410. The predicted octanol–water partition coefficient (Wildman–Crippen LogP) is 4.72. The van der Waals surface area contributed by atoms with Gasteiger partial charge in [-0.2, -0.15) is 18.3 Å². The first kappa shape index (κ1) is 23.5. The second kappa shape index (κ2) is 8.28. The summed E-state index contributed by atoms with van der Waals surface area (Å²) in [7, 11) is 3.28. The number of benzene rings is 2. The third-order valence-electron chi connectivity index (χ3n) is 5.15. The summed E-state index contributed by atoms with van der Waals surface area (Å²) >= 11 is 0.941. The van der Waals surface area contributed by atoms with Crippen LogP contribution in [0.25, 0.3) is 21.1 Å². The van der Waals surface area contributed by atoms with Crippen molar-refractivity contribution in [1.29, 1.82) is 0 Å². The average Bonchev–Trinajstić information content (AvgIpc) is 3.37. The van der Waals surface area contributed by atoms with Gasteiger partial charge in [-0.3, -0.25) is 20.0 Å². The molecule has 0 saturated carbocycles. The summed E-state index contributed by atoms with van der Waals surface area (Å²) in [5, 5.41) is 12.6. The van der Waals surface area contributed by atoms with E-state index in [1.54, 1.807) is 52.2 Å². The molecule has 4 aromatic rings. The largest absolute Gasteiger partial charge is 0.418 e. The molecule has 0 aliphatic heterocycles. The lowest BCUT2D eigenvalue weighted by Gasteiger charge is -2.26. The monoisotopic (exact) mass is 490 g/mol. The highest BCUT2D eigenvalue weighted by atomic mass is 32.1. The number of amides is 2. The summed E-state index contributed by atoms with van der Waals surface area (Å²) in [5.41, 5.74) is -1.11. The van der Waals surface area contributed by atoms with Crippen LogP contribution in [0, 0.1) is 0 Å². The van der Waals surface area contributed by atoms with E-state index in [1.165, 1.54) is 11.1 Å². The van der Waals surface area contributed by atoms with Gasteiger partial charge in [0, 0.05) is 30.7 Å². The van der Waals surface area contributed by atoms with E-state index in [9.17, 15) is 22.8 Å². The summed E-state index contributed by atoms with van der Waals surface area (Å²) in [6, 6.07) is 7.65. The molecule has 0 spiro atoms. The number of hydrogen-bond acceptors (Lipinski definition) is 6. The molecule has 0 aliphatic carbocycles. The van der Waals surface area contributed by atoms with E-state index >= 15 is 0 Å². The number of thiazole rings is 1. The van der Waals surface area contributed by atoms with Crippen molar-refractivity contribution >= 4 is 55.1 Å². The number of fused-ring (bicyclic) bond motifs is 3. The minimum atomic E-state index is -4.62. The molecule has 2 aromatic heterocycles. The predicted molar refractivity (Wildman–Crippen MR) is 125 cm³/mol. The molecule has 0 bridgehead atoms. The van der Waals surface area contributed by atoms with Crippen molar-refractivity contribution in [1.82, 2.24) is 20.1 Å². The lowest BCUT2D eigenvalue weighted by atomic mass is 10.0. The second-order valence-electron chi connectivity index (χ2n) is 8.43. The standard InChI is InChI=1S/C22H21F3N6O2S/c1-21(2,29-12-7-5-6-11(8-12)18(32)31(3)4)19(33)28-20-27-16-14(22(23,24)25)9-15-13(10-26-30-15)17(16)34-20/h5-10,29H,1-4H3,(H,26,30)(H,27,28,33). The van der Waals surface area contributed by atoms with Crippen LogP contribution in [0.3, 0.4) is 0 Å². The molecular formula is C22H21F3N6O2S. The summed E-state index contributed by atoms with van der Waals surface area (Å²) in [6.45, 7) is 3.23. The van der Waals surface area contributed by atoms with Gasteiger partial charge in [0.2, 0.25) is 0 Å². The summed E-state index contributed by atoms with van der Waals surface area (Å²) in [6.07, 6.45) is -3.20. The number of alkyl halides is 3. The van der Waals surface area contributed by atoms with Gasteiger partial charge in [-0.25, -0.2) is 4.98 Å². The van der Waals surface area contributed by atoms with E-state index in [0.717, 1.165) is 17.4 Å². The first-order valence-corrected chi connectivity index (χ1v) is 10.9. The third-order valence-corrected chi connectivity index (χ3v) is 6.15. The molecule has 3 N–H and O–H groups in total. The SMILES string of the molecule is CN(C)C(=O)c1cccc(NC(C)(C)C(=O)Nc2nc3c(C(F)(F)F)cc4[nH]ncc4c3s2)c1. The number of nitrogens with one attached hydrogen (secondary N) is 3. The van der Waals surface area contributed by atoms with Crippen LogP contribution in [-0.2, 0) is 11.0 Å². The number of carbonyl (C=O) groups is 2. The number of hydrogen-bond donors (Lipinski definition) is 3. The molecular weight excluding hydrogens is 469 g/mol. The van der Waals surface area contributed by atoms with E-state index in [-0.39, 0.29) is 26.8 Å². The Kier molecular flexibility index (Phi) is 5.72.